The molecule has 134 valence electrons. The van der Waals surface area contributed by atoms with Crippen LogP contribution in [-0.2, 0) is 26.7 Å². The first kappa shape index (κ1) is 16.6. The van der Waals surface area contributed by atoms with Crippen molar-refractivity contribution in [2.24, 2.45) is 7.05 Å². The molecular weight excluding hydrogens is 356 g/mol. The van der Waals surface area contributed by atoms with Gasteiger partial charge in [-0.1, -0.05) is 0 Å². The lowest BCUT2D eigenvalue weighted by Crippen LogP contribution is -2.22. The molecule has 0 saturated carbocycles. The van der Waals surface area contributed by atoms with Crippen molar-refractivity contribution in [1.82, 2.24) is 29.6 Å². The van der Waals surface area contributed by atoms with Crippen LogP contribution in [0.4, 0.5) is 0 Å². The zero-order chi connectivity index (χ0) is 17.8. The highest BCUT2D eigenvalue weighted by molar-refractivity contribution is 7.99. The average Bonchev–Trinajstić information content (AvgIpc) is 3.39. The standard InChI is InChI=1S/C16H16N6O3S/c1-21-9-19-20-16(21)26-15-3-2-14(25-15)6-22(4-12-7-23-10-17-12)5-13-8-24-11-18-13/h2-3,7-11H,4-6H2,1H3. The topological polar surface area (TPSA) is 99.2 Å². The minimum Gasteiger partial charge on any atom is -0.453 e. The van der Waals surface area contributed by atoms with E-state index in [0.717, 1.165) is 27.4 Å². The summed E-state index contributed by atoms with van der Waals surface area (Å²) < 4.78 is 17.9. The molecule has 0 aliphatic rings. The highest BCUT2D eigenvalue weighted by atomic mass is 32.2. The molecule has 0 N–H and O–H groups in total. The summed E-state index contributed by atoms with van der Waals surface area (Å²) in [4.78, 5) is 10.5. The van der Waals surface area contributed by atoms with Crippen molar-refractivity contribution in [3.05, 3.63) is 60.9 Å². The Balaban J connectivity index is 1.45. The van der Waals surface area contributed by atoms with E-state index in [1.54, 1.807) is 18.9 Å². The maximum atomic E-state index is 5.93. The normalized spacial score (nSPS) is 11.5. The number of nitrogens with zero attached hydrogens (tertiary/aromatic N) is 6. The van der Waals surface area contributed by atoms with E-state index in [1.165, 1.54) is 24.5 Å². The molecule has 0 radical (unpaired) electrons. The molecule has 10 heteroatoms. The zero-order valence-electron chi connectivity index (χ0n) is 14.0. The Kier molecular flexibility index (Phi) is 4.84. The number of furan rings is 1. The van der Waals surface area contributed by atoms with E-state index < -0.39 is 0 Å². The lowest BCUT2D eigenvalue weighted by molar-refractivity contribution is 0.216. The third-order valence-electron chi connectivity index (χ3n) is 3.62. The first-order chi connectivity index (χ1) is 12.8. The second kappa shape index (κ2) is 7.58. The van der Waals surface area contributed by atoms with Crippen LogP contribution in [0.15, 0.2) is 67.3 Å². The summed E-state index contributed by atoms with van der Waals surface area (Å²) in [5, 5.41) is 9.45. The zero-order valence-corrected chi connectivity index (χ0v) is 14.8. The second-order valence-electron chi connectivity index (χ2n) is 5.65. The van der Waals surface area contributed by atoms with Crippen molar-refractivity contribution in [3.63, 3.8) is 0 Å². The second-order valence-corrected chi connectivity index (χ2v) is 6.62. The van der Waals surface area contributed by atoms with Crippen molar-refractivity contribution in [1.29, 1.82) is 0 Å². The van der Waals surface area contributed by atoms with Crippen LogP contribution in [0.5, 0.6) is 0 Å². The third kappa shape index (κ3) is 4.03. The summed E-state index contributed by atoms with van der Waals surface area (Å²) >= 11 is 1.43. The number of aromatic nitrogens is 5. The molecule has 0 saturated heterocycles. The molecule has 0 atom stereocenters. The van der Waals surface area contributed by atoms with E-state index in [4.69, 9.17) is 13.3 Å². The van der Waals surface area contributed by atoms with Crippen LogP contribution >= 0.6 is 11.8 Å². The molecule has 0 aliphatic carbocycles. The maximum absolute atomic E-state index is 5.93. The van der Waals surface area contributed by atoms with Crippen LogP contribution in [0.25, 0.3) is 0 Å². The van der Waals surface area contributed by atoms with Gasteiger partial charge in [-0.15, -0.1) is 10.2 Å². The Hall–Kier alpha value is -2.85. The van der Waals surface area contributed by atoms with E-state index in [2.05, 4.69) is 25.1 Å². The van der Waals surface area contributed by atoms with Gasteiger partial charge < -0.3 is 17.8 Å². The maximum Gasteiger partial charge on any atom is 0.198 e. The fourth-order valence-corrected chi connectivity index (χ4v) is 3.17. The fraction of sp³-hybridized carbons (Fsp3) is 0.250. The number of aryl methyl sites for hydroxylation is 1. The SMILES string of the molecule is Cn1cnnc1Sc1ccc(CN(Cc2cocn2)Cc2cocn2)o1. The molecule has 4 heterocycles. The third-order valence-corrected chi connectivity index (χ3v) is 4.59. The first-order valence-electron chi connectivity index (χ1n) is 7.83. The van der Waals surface area contributed by atoms with E-state index in [1.807, 2.05) is 23.7 Å². The van der Waals surface area contributed by atoms with Gasteiger partial charge in [0.2, 0.25) is 0 Å². The van der Waals surface area contributed by atoms with Crippen LogP contribution in [0.2, 0.25) is 0 Å². The van der Waals surface area contributed by atoms with Gasteiger partial charge >= 0.3 is 0 Å². The van der Waals surface area contributed by atoms with Gasteiger partial charge in [-0.3, -0.25) is 4.90 Å². The molecule has 0 unspecified atom stereocenters. The van der Waals surface area contributed by atoms with Gasteiger partial charge in [0.25, 0.3) is 0 Å². The van der Waals surface area contributed by atoms with Gasteiger partial charge in [-0.05, 0) is 23.9 Å². The summed E-state index contributed by atoms with van der Waals surface area (Å²) in [6, 6.07) is 3.89. The highest BCUT2D eigenvalue weighted by Crippen LogP contribution is 2.28. The first-order valence-corrected chi connectivity index (χ1v) is 8.65. The van der Waals surface area contributed by atoms with Crippen LogP contribution in [0, 0.1) is 0 Å². The molecule has 0 bridgehead atoms. The molecule has 9 nitrogen and oxygen atoms in total. The highest BCUT2D eigenvalue weighted by Gasteiger charge is 2.15. The molecule has 0 fully saturated rings. The molecule has 4 aromatic heterocycles. The Morgan fingerprint density at radius 3 is 2.35 bits per heavy atom. The molecule has 0 aromatic carbocycles. The Morgan fingerprint density at radius 1 is 1.04 bits per heavy atom. The van der Waals surface area contributed by atoms with Crippen molar-refractivity contribution < 1.29 is 13.3 Å². The van der Waals surface area contributed by atoms with Gasteiger partial charge in [-0.2, -0.15) is 0 Å². The van der Waals surface area contributed by atoms with Crippen molar-refractivity contribution in [3.8, 4) is 0 Å². The molecule has 0 spiro atoms. The summed E-state index contributed by atoms with van der Waals surface area (Å²) in [5.41, 5.74) is 1.68. The van der Waals surface area contributed by atoms with E-state index in [9.17, 15) is 0 Å². The predicted octanol–water partition coefficient (Wildman–Crippen LogP) is 2.74. The van der Waals surface area contributed by atoms with Crippen LogP contribution in [0.3, 0.4) is 0 Å². The average molecular weight is 372 g/mol. The number of hydrogen-bond acceptors (Lipinski definition) is 9. The summed E-state index contributed by atoms with van der Waals surface area (Å²) in [5.74, 6) is 0.835. The summed E-state index contributed by atoms with van der Waals surface area (Å²) in [7, 11) is 1.89. The largest absolute Gasteiger partial charge is 0.453 e. The van der Waals surface area contributed by atoms with Crippen molar-refractivity contribution >= 4 is 11.8 Å². The summed E-state index contributed by atoms with van der Waals surface area (Å²) in [6.45, 7) is 1.81. The van der Waals surface area contributed by atoms with Crippen LogP contribution < -0.4 is 0 Å². The molecule has 4 aromatic rings. The van der Waals surface area contributed by atoms with Gasteiger partial charge in [0.1, 0.15) is 24.6 Å². The van der Waals surface area contributed by atoms with Gasteiger partial charge in [0, 0.05) is 20.1 Å². The Morgan fingerprint density at radius 2 is 1.77 bits per heavy atom. The quantitative estimate of drug-likeness (QED) is 0.462. The van der Waals surface area contributed by atoms with E-state index in [-0.39, 0.29) is 0 Å². The van der Waals surface area contributed by atoms with Gasteiger partial charge in [-0.25, -0.2) is 9.97 Å². The minimum atomic E-state index is 0.596. The molecule has 0 aliphatic heterocycles. The van der Waals surface area contributed by atoms with E-state index >= 15 is 0 Å². The number of hydrogen-bond donors (Lipinski definition) is 0. The lowest BCUT2D eigenvalue weighted by atomic mass is 10.3. The lowest BCUT2D eigenvalue weighted by Gasteiger charge is -2.18. The monoisotopic (exact) mass is 372 g/mol. The minimum absolute atomic E-state index is 0.596. The van der Waals surface area contributed by atoms with Crippen LogP contribution in [-0.4, -0.2) is 29.6 Å². The van der Waals surface area contributed by atoms with Crippen LogP contribution in [0.1, 0.15) is 17.1 Å². The number of oxazole rings is 2. The Bertz CT molecular complexity index is 895. The van der Waals surface area contributed by atoms with E-state index in [0.29, 0.717) is 19.6 Å². The molecule has 26 heavy (non-hydrogen) atoms. The summed E-state index contributed by atoms with van der Waals surface area (Å²) in [6.07, 6.45) is 7.77. The number of rotatable bonds is 8. The predicted molar refractivity (Wildman–Crippen MR) is 89.8 cm³/mol. The Labute approximate surface area is 153 Å². The van der Waals surface area contributed by atoms with Crippen molar-refractivity contribution in [2.45, 2.75) is 29.9 Å². The van der Waals surface area contributed by atoms with Gasteiger partial charge in [0.05, 0.1) is 17.9 Å². The molecular formula is C16H16N6O3S. The van der Waals surface area contributed by atoms with Gasteiger partial charge in [0.15, 0.2) is 23.0 Å². The smallest absolute Gasteiger partial charge is 0.198 e. The fourth-order valence-electron chi connectivity index (χ4n) is 2.43. The molecule has 4 rings (SSSR count). The molecule has 0 amide bonds. The van der Waals surface area contributed by atoms with Crippen molar-refractivity contribution in [2.75, 3.05) is 0 Å².